The van der Waals surface area contributed by atoms with E-state index in [9.17, 15) is 4.79 Å². The molecule has 3 N–H and O–H groups in total. The molecular weight excluding hydrogens is 180 g/mol. The van der Waals surface area contributed by atoms with Crippen LogP contribution in [-0.2, 0) is 4.79 Å². The summed E-state index contributed by atoms with van der Waals surface area (Å²) in [6.07, 6.45) is 0.626. The van der Waals surface area contributed by atoms with Gasteiger partial charge < -0.3 is 15.7 Å². The molecule has 2 atom stereocenters. The van der Waals surface area contributed by atoms with E-state index < -0.39 is 0 Å². The molecule has 0 aromatic carbocycles. The van der Waals surface area contributed by atoms with Crippen LogP contribution in [0.25, 0.3) is 0 Å². The zero-order valence-corrected chi connectivity index (χ0v) is 8.92. The average Bonchev–Trinajstić information content (AvgIpc) is 2.01. The van der Waals surface area contributed by atoms with Crippen LogP contribution in [0.1, 0.15) is 20.3 Å². The standard InChI is InChI=1S/C10H20N2O2/c1-7(3-4-13)12-10(14)8(2)9-5-11-6-9/h7-9,11,13H,3-6H2,1-2H3,(H,12,14). The van der Waals surface area contributed by atoms with E-state index in [0.717, 1.165) is 13.1 Å². The van der Waals surface area contributed by atoms with Gasteiger partial charge in [-0.2, -0.15) is 0 Å². The van der Waals surface area contributed by atoms with E-state index in [-0.39, 0.29) is 24.5 Å². The van der Waals surface area contributed by atoms with Gasteiger partial charge in [0.2, 0.25) is 5.91 Å². The maximum atomic E-state index is 11.6. The Hall–Kier alpha value is -0.610. The highest BCUT2D eigenvalue weighted by atomic mass is 16.3. The topological polar surface area (TPSA) is 61.4 Å². The first-order valence-corrected chi connectivity index (χ1v) is 5.27. The van der Waals surface area contributed by atoms with E-state index in [0.29, 0.717) is 12.3 Å². The van der Waals surface area contributed by atoms with Gasteiger partial charge in [-0.3, -0.25) is 4.79 Å². The third kappa shape index (κ3) is 2.96. The fraction of sp³-hybridized carbons (Fsp3) is 0.900. The molecule has 1 amide bonds. The maximum Gasteiger partial charge on any atom is 0.223 e. The van der Waals surface area contributed by atoms with E-state index in [1.54, 1.807) is 0 Å². The normalized spacial score (nSPS) is 21.1. The van der Waals surface area contributed by atoms with Crippen molar-refractivity contribution in [1.82, 2.24) is 10.6 Å². The lowest BCUT2D eigenvalue weighted by molar-refractivity contribution is -0.127. The van der Waals surface area contributed by atoms with E-state index in [1.807, 2.05) is 13.8 Å². The number of amides is 1. The molecule has 4 nitrogen and oxygen atoms in total. The van der Waals surface area contributed by atoms with Gasteiger partial charge in [0, 0.05) is 18.6 Å². The predicted octanol–water partition coefficient (Wildman–Crippen LogP) is -0.271. The molecule has 0 aromatic heterocycles. The van der Waals surface area contributed by atoms with Crippen LogP contribution < -0.4 is 10.6 Å². The molecule has 1 rings (SSSR count). The summed E-state index contributed by atoms with van der Waals surface area (Å²) in [5.74, 6) is 0.672. The zero-order valence-electron chi connectivity index (χ0n) is 8.92. The van der Waals surface area contributed by atoms with Gasteiger partial charge in [0.15, 0.2) is 0 Å². The minimum atomic E-state index is 0.0722. The van der Waals surface area contributed by atoms with Gasteiger partial charge in [0.05, 0.1) is 0 Å². The molecule has 0 bridgehead atoms. The van der Waals surface area contributed by atoms with Gasteiger partial charge in [-0.1, -0.05) is 6.92 Å². The van der Waals surface area contributed by atoms with Crippen LogP contribution in [0.4, 0.5) is 0 Å². The number of carbonyl (C=O) groups is 1. The van der Waals surface area contributed by atoms with Gasteiger partial charge in [0.1, 0.15) is 0 Å². The lowest BCUT2D eigenvalue weighted by atomic mass is 9.88. The summed E-state index contributed by atoms with van der Waals surface area (Å²) in [7, 11) is 0. The molecule has 1 fully saturated rings. The monoisotopic (exact) mass is 200 g/mol. The number of aliphatic hydroxyl groups is 1. The Balaban J connectivity index is 2.25. The third-order valence-electron chi connectivity index (χ3n) is 2.88. The highest BCUT2D eigenvalue weighted by Gasteiger charge is 2.28. The Bertz CT molecular complexity index is 193. The first-order chi connectivity index (χ1) is 6.65. The Kier molecular flexibility index (Phi) is 4.35. The van der Waals surface area contributed by atoms with Crippen LogP contribution in [0.5, 0.6) is 0 Å². The second-order valence-corrected chi connectivity index (χ2v) is 4.13. The second kappa shape index (κ2) is 5.32. The van der Waals surface area contributed by atoms with Crippen LogP contribution in [0.15, 0.2) is 0 Å². The Morgan fingerprint density at radius 2 is 2.21 bits per heavy atom. The minimum Gasteiger partial charge on any atom is -0.396 e. The molecule has 0 spiro atoms. The van der Waals surface area contributed by atoms with Crippen molar-refractivity contribution < 1.29 is 9.90 Å². The smallest absolute Gasteiger partial charge is 0.223 e. The molecule has 0 radical (unpaired) electrons. The van der Waals surface area contributed by atoms with Gasteiger partial charge >= 0.3 is 0 Å². The first kappa shape index (κ1) is 11.5. The lowest BCUT2D eigenvalue weighted by Gasteiger charge is -2.32. The zero-order chi connectivity index (χ0) is 10.6. The minimum absolute atomic E-state index is 0.0722. The van der Waals surface area contributed by atoms with Gasteiger partial charge in [-0.05, 0) is 32.4 Å². The number of hydrogen-bond acceptors (Lipinski definition) is 3. The van der Waals surface area contributed by atoms with Crippen LogP contribution in [0, 0.1) is 11.8 Å². The molecule has 0 aliphatic carbocycles. The summed E-state index contributed by atoms with van der Waals surface area (Å²) in [6, 6.07) is 0.0722. The highest BCUT2D eigenvalue weighted by Crippen LogP contribution is 2.15. The highest BCUT2D eigenvalue weighted by molar-refractivity contribution is 5.79. The second-order valence-electron chi connectivity index (χ2n) is 4.13. The Morgan fingerprint density at radius 1 is 1.57 bits per heavy atom. The summed E-state index contributed by atoms with van der Waals surface area (Å²) in [5, 5.41) is 14.8. The molecule has 1 aliphatic heterocycles. The van der Waals surface area contributed by atoms with Crippen molar-refractivity contribution in [2.24, 2.45) is 11.8 Å². The maximum absolute atomic E-state index is 11.6. The lowest BCUT2D eigenvalue weighted by Crippen LogP contribution is -2.50. The van der Waals surface area contributed by atoms with E-state index in [1.165, 1.54) is 0 Å². The molecule has 1 saturated heterocycles. The largest absolute Gasteiger partial charge is 0.396 e. The van der Waals surface area contributed by atoms with Crippen LogP contribution >= 0.6 is 0 Å². The van der Waals surface area contributed by atoms with Crippen molar-refractivity contribution in [1.29, 1.82) is 0 Å². The van der Waals surface area contributed by atoms with Gasteiger partial charge in [-0.25, -0.2) is 0 Å². The van der Waals surface area contributed by atoms with E-state index in [2.05, 4.69) is 10.6 Å². The quantitative estimate of drug-likeness (QED) is 0.572. The van der Waals surface area contributed by atoms with Gasteiger partial charge in [-0.15, -0.1) is 0 Å². The van der Waals surface area contributed by atoms with E-state index in [4.69, 9.17) is 5.11 Å². The molecule has 0 saturated carbocycles. The molecule has 1 heterocycles. The van der Waals surface area contributed by atoms with Crippen molar-refractivity contribution in [3.63, 3.8) is 0 Å². The SMILES string of the molecule is CC(CCO)NC(=O)C(C)C1CNC1. The van der Waals surface area contributed by atoms with Crippen molar-refractivity contribution in [2.75, 3.05) is 19.7 Å². The van der Waals surface area contributed by atoms with Crippen molar-refractivity contribution >= 4 is 5.91 Å². The molecule has 1 aliphatic rings. The molecule has 0 aromatic rings. The van der Waals surface area contributed by atoms with Crippen LogP contribution in [-0.4, -0.2) is 36.8 Å². The fourth-order valence-electron chi connectivity index (χ4n) is 1.52. The number of hydrogen-bond donors (Lipinski definition) is 3. The van der Waals surface area contributed by atoms with E-state index >= 15 is 0 Å². The summed E-state index contributed by atoms with van der Waals surface area (Å²) < 4.78 is 0. The summed E-state index contributed by atoms with van der Waals surface area (Å²) >= 11 is 0. The summed E-state index contributed by atoms with van der Waals surface area (Å²) in [4.78, 5) is 11.6. The van der Waals surface area contributed by atoms with Gasteiger partial charge in [0.25, 0.3) is 0 Å². The summed E-state index contributed by atoms with van der Waals surface area (Å²) in [5.41, 5.74) is 0. The van der Waals surface area contributed by atoms with Crippen molar-refractivity contribution in [3.8, 4) is 0 Å². The predicted molar refractivity (Wildman–Crippen MR) is 54.8 cm³/mol. The number of nitrogens with one attached hydrogen (secondary N) is 2. The first-order valence-electron chi connectivity index (χ1n) is 5.27. The molecule has 82 valence electrons. The number of rotatable bonds is 5. The number of carbonyl (C=O) groups excluding carboxylic acids is 1. The van der Waals surface area contributed by atoms with Crippen molar-refractivity contribution in [2.45, 2.75) is 26.3 Å². The molecule has 2 unspecified atom stereocenters. The fourth-order valence-corrected chi connectivity index (χ4v) is 1.52. The van der Waals surface area contributed by atoms with Crippen molar-refractivity contribution in [3.05, 3.63) is 0 Å². The van der Waals surface area contributed by atoms with Crippen LogP contribution in [0.3, 0.4) is 0 Å². The Morgan fingerprint density at radius 3 is 2.64 bits per heavy atom. The molecule has 14 heavy (non-hydrogen) atoms. The summed E-state index contributed by atoms with van der Waals surface area (Å²) in [6.45, 7) is 5.90. The molecule has 4 heteroatoms. The third-order valence-corrected chi connectivity index (χ3v) is 2.88. The average molecular weight is 200 g/mol. The Labute approximate surface area is 85.1 Å². The van der Waals surface area contributed by atoms with Crippen LogP contribution in [0.2, 0.25) is 0 Å². The molecular formula is C10H20N2O2. The number of aliphatic hydroxyl groups excluding tert-OH is 1.